The topological polar surface area (TPSA) is 58.3 Å². The van der Waals surface area contributed by atoms with Crippen LogP contribution in [0.4, 0.5) is 0 Å². The van der Waals surface area contributed by atoms with Crippen molar-refractivity contribution in [2.75, 3.05) is 13.2 Å². The molecular formula is C18H36N2O. The van der Waals surface area contributed by atoms with E-state index in [1.54, 1.807) is 0 Å². The predicted molar refractivity (Wildman–Crippen MR) is 89.2 cm³/mol. The summed E-state index contributed by atoms with van der Waals surface area (Å²) in [6.07, 6.45) is 8.44. The number of aliphatic hydroxyl groups is 1. The Balaban J connectivity index is 2.16. The Labute approximate surface area is 131 Å². The maximum Gasteiger partial charge on any atom is 0.0474 e. The average molecular weight is 296 g/mol. The minimum atomic E-state index is 0.0423. The second-order valence-electron chi connectivity index (χ2n) is 9.32. The standard InChI is InChI=1S/C18H36N2O/c1-16(2)10-17(3,4)12-18(11-16,13-19)20-15-8-6-5-7-14(15)9-21/h14-15,20-21H,5-13,19H2,1-4H3. The second-order valence-corrected chi connectivity index (χ2v) is 9.32. The average Bonchev–Trinajstić information content (AvgIpc) is 2.35. The molecule has 0 heterocycles. The number of nitrogens with one attached hydrogen (secondary N) is 1. The van der Waals surface area contributed by atoms with Crippen molar-refractivity contribution in [3.8, 4) is 0 Å². The monoisotopic (exact) mass is 296 g/mol. The first-order valence-corrected chi connectivity index (χ1v) is 8.80. The van der Waals surface area contributed by atoms with E-state index in [0.29, 0.717) is 35.9 Å². The van der Waals surface area contributed by atoms with Crippen LogP contribution < -0.4 is 11.1 Å². The molecule has 4 N–H and O–H groups in total. The van der Waals surface area contributed by atoms with Crippen LogP contribution in [-0.2, 0) is 0 Å². The summed E-state index contributed by atoms with van der Waals surface area (Å²) in [5.41, 5.74) is 6.96. The fourth-order valence-electron chi connectivity index (χ4n) is 5.63. The molecule has 2 aliphatic carbocycles. The van der Waals surface area contributed by atoms with Gasteiger partial charge in [-0.2, -0.15) is 0 Å². The first-order chi connectivity index (χ1) is 9.71. The lowest BCUT2D eigenvalue weighted by Gasteiger charge is -2.54. The molecule has 0 aromatic heterocycles. The van der Waals surface area contributed by atoms with Crippen LogP contribution in [0, 0.1) is 16.7 Å². The Kier molecular flexibility index (Phi) is 5.07. The zero-order valence-corrected chi connectivity index (χ0v) is 14.5. The van der Waals surface area contributed by atoms with E-state index < -0.39 is 0 Å². The van der Waals surface area contributed by atoms with Crippen LogP contribution in [0.15, 0.2) is 0 Å². The van der Waals surface area contributed by atoms with Gasteiger partial charge in [0, 0.05) is 24.7 Å². The van der Waals surface area contributed by atoms with E-state index in [1.807, 2.05) is 0 Å². The number of rotatable bonds is 4. The van der Waals surface area contributed by atoms with Crippen molar-refractivity contribution in [3.05, 3.63) is 0 Å². The van der Waals surface area contributed by atoms with Crippen LogP contribution in [0.2, 0.25) is 0 Å². The van der Waals surface area contributed by atoms with E-state index in [-0.39, 0.29) is 5.54 Å². The van der Waals surface area contributed by atoms with Gasteiger partial charge in [-0.3, -0.25) is 0 Å². The molecular weight excluding hydrogens is 260 g/mol. The van der Waals surface area contributed by atoms with E-state index in [1.165, 1.54) is 25.7 Å². The summed E-state index contributed by atoms with van der Waals surface area (Å²) in [5.74, 6) is 0.412. The molecule has 3 heteroatoms. The fraction of sp³-hybridized carbons (Fsp3) is 1.00. The van der Waals surface area contributed by atoms with Crippen LogP contribution in [0.5, 0.6) is 0 Å². The third-order valence-electron chi connectivity index (χ3n) is 5.62. The first-order valence-electron chi connectivity index (χ1n) is 8.80. The Morgan fingerprint density at radius 3 is 2.10 bits per heavy atom. The van der Waals surface area contributed by atoms with Gasteiger partial charge in [0.1, 0.15) is 0 Å². The summed E-state index contributed by atoms with van der Waals surface area (Å²) in [6, 6.07) is 0.442. The van der Waals surface area contributed by atoms with E-state index in [4.69, 9.17) is 5.73 Å². The molecule has 2 aliphatic rings. The minimum Gasteiger partial charge on any atom is -0.396 e. The highest BCUT2D eigenvalue weighted by atomic mass is 16.3. The molecule has 124 valence electrons. The SMILES string of the molecule is CC1(C)CC(C)(C)CC(CN)(NC2CCCCC2CO)C1. The molecule has 2 atom stereocenters. The zero-order valence-electron chi connectivity index (χ0n) is 14.5. The normalized spacial score (nSPS) is 34.6. The number of hydrogen-bond donors (Lipinski definition) is 3. The summed E-state index contributed by atoms with van der Waals surface area (Å²) in [4.78, 5) is 0. The summed E-state index contributed by atoms with van der Waals surface area (Å²) in [7, 11) is 0. The van der Waals surface area contributed by atoms with Gasteiger partial charge in [0.15, 0.2) is 0 Å². The highest BCUT2D eigenvalue weighted by Crippen LogP contribution is 2.50. The summed E-state index contributed by atoms with van der Waals surface area (Å²) < 4.78 is 0. The number of hydrogen-bond acceptors (Lipinski definition) is 3. The lowest BCUT2D eigenvalue weighted by molar-refractivity contribution is 0.0134. The van der Waals surface area contributed by atoms with Crippen LogP contribution >= 0.6 is 0 Å². The van der Waals surface area contributed by atoms with E-state index in [2.05, 4.69) is 33.0 Å². The van der Waals surface area contributed by atoms with Gasteiger partial charge in [0.2, 0.25) is 0 Å². The van der Waals surface area contributed by atoms with E-state index in [9.17, 15) is 5.11 Å². The Morgan fingerprint density at radius 1 is 1.00 bits per heavy atom. The van der Waals surface area contributed by atoms with Crippen LogP contribution in [0.1, 0.15) is 72.6 Å². The maximum atomic E-state index is 9.68. The molecule has 0 bridgehead atoms. The quantitative estimate of drug-likeness (QED) is 0.747. The molecule has 0 aromatic rings. The first kappa shape index (κ1) is 17.2. The molecule has 0 radical (unpaired) electrons. The van der Waals surface area contributed by atoms with Gasteiger partial charge in [0.25, 0.3) is 0 Å². The third-order valence-corrected chi connectivity index (χ3v) is 5.62. The molecule has 21 heavy (non-hydrogen) atoms. The van der Waals surface area contributed by atoms with Gasteiger partial charge >= 0.3 is 0 Å². The van der Waals surface area contributed by atoms with Gasteiger partial charge in [-0.1, -0.05) is 40.5 Å². The molecule has 0 amide bonds. The lowest BCUT2D eigenvalue weighted by atomic mass is 9.58. The summed E-state index contributed by atoms with van der Waals surface area (Å²) in [5, 5.41) is 13.6. The highest BCUT2D eigenvalue weighted by Gasteiger charge is 2.47. The largest absolute Gasteiger partial charge is 0.396 e. The molecule has 2 saturated carbocycles. The molecule has 0 aliphatic heterocycles. The smallest absolute Gasteiger partial charge is 0.0474 e. The number of nitrogens with two attached hydrogens (primary N) is 1. The summed E-state index contributed by atoms with van der Waals surface area (Å²) >= 11 is 0. The van der Waals surface area contributed by atoms with Gasteiger partial charge in [-0.25, -0.2) is 0 Å². The van der Waals surface area contributed by atoms with Crippen molar-refractivity contribution in [2.24, 2.45) is 22.5 Å². The van der Waals surface area contributed by atoms with Crippen molar-refractivity contribution in [3.63, 3.8) is 0 Å². The van der Waals surface area contributed by atoms with Crippen molar-refractivity contribution in [1.82, 2.24) is 5.32 Å². The molecule has 2 unspecified atom stereocenters. The van der Waals surface area contributed by atoms with E-state index in [0.717, 1.165) is 19.3 Å². The molecule has 3 nitrogen and oxygen atoms in total. The fourth-order valence-corrected chi connectivity index (χ4v) is 5.63. The Bertz CT molecular complexity index is 335. The van der Waals surface area contributed by atoms with Crippen LogP contribution in [0.3, 0.4) is 0 Å². The third kappa shape index (κ3) is 4.20. The molecule has 2 rings (SSSR count). The predicted octanol–water partition coefficient (Wildman–Crippen LogP) is 3.06. The minimum absolute atomic E-state index is 0.0423. The second kappa shape index (κ2) is 6.17. The molecule has 0 saturated heterocycles. The van der Waals surface area contributed by atoms with Crippen molar-refractivity contribution >= 4 is 0 Å². The maximum absolute atomic E-state index is 9.68. The van der Waals surface area contributed by atoms with Crippen molar-refractivity contribution in [1.29, 1.82) is 0 Å². The highest BCUT2D eigenvalue weighted by molar-refractivity contribution is 5.05. The molecule has 2 fully saturated rings. The van der Waals surface area contributed by atoms with Crippen LogP contribution in [-0.4, -0.2) is 29.8 Å². The molecule has 0 aromatic carbocycles. The van der Waals surface area contributed by atoms with Gasteiger partial charge in [0.05, 0.1) is 0 Å². The van der Waals surface area contributed by atoms with Crippen molar-refractivity contribution in [2.45, 2.75) is 84.2 Å². The lowest BCUT2D eigenvalue weighted by Crippen LogP contribution is -2.63. The van der Waals surface area contributed by atoms with Crippen molar-refractivity contribution < 1.29 is 5.11 Å². The molecule has 0 spiro atoms. The van der Waals surface area contributed by atoms with Gasteiger partial charge < -0.3 is 16.2 Å². The summed E-state index contributed by atoms with van der Waals surface area (Å²) in [6.45, 7) is 10.5. The van der Waals surface area contributed by atoms with Crippen LogP contribution in [0.25, 0.3) is 0 Å². The zero-order chi connectivity index (χ0) is 15.7. The Morgan fingerprint density at radius 2 is 1.57 bits per heavy atom. The number of aliphatic hydroxyl groups excluding tert-OH is 1. The van der Waals surface area contributed by atoms with Gasteiger partial charge in [-0.15, -0.1) is 0 Å². The van der Waals surface area contributed by atoms with E-state index >= 15 is 0 Å². The van der Waals surface area contributed by atoms with Gasteiger partial charge in [-0.05, 0) is 48.9 Å². The Hall–Kier alpha value is -0.120.